The molecule has 0 radical (unpaired) electrons. The standard InChI is InChI=1S/C26H33BN2O6/c1-8-32-24(30)13-17-9-11-19(31-7)15-23(17)33-16-21-20-14-18(10-12-22(20)29(6)28-21)27-34-25(2,3)26(4,5)35-27/h9-12,14-15H,8,13,16H2,1-7H3. The zero-order valence-electron chi connectivity index (χ0n) is 21.5. The smallest absolute Gasteiger partial charge is 0.494 e. The zero-order chi connectivity index (χ0) is 25.4. The van der Waals surface area contributed by atoms with Crippen molar-refractivity contribution in [2.75, 3.05) is 13.7 Å². The van der Waals surface area contributed by atoms with Crippen LogP contribution in [0.2, 0.25) is 0 Å². The molecule has 1 aliphatic heterocycles. The molecule has 8 nitrogen and oxygen atoms in total. The summed E-state index contributed by atoms with van der Waals surface area (Å²) in [5.74, 6) is 0.887. The van der Waals surface area contributed by atoms with Crippen molar-refractivity contribution in [2.24, 2.45) is 7.05 Å². The van der Waals surface area contributed by atoms with Gasteiger partial charge in [-0.25, -0.2) is 0 Å². The van der Waals surface area contributed by atoms with Crippen molar-refractivity contribution in [3.05, 3.63) is 47.7 Å². The monoisotopic (exact) mass is 480 g/mol. The SMILES string of the molecule is CCOC(=O)Cc1ccc(OC)cc1OCc1nn(C)c2ccc(B3OC(C)(C)C(C)(C)O3)cc12. The second kappa shape index (κ2) is 9.55. The first kappa shape index (κ1) is 25.1. The Balaban J connectivity index is 1.61. The van der Waals surface area contributed by atoms with E-state index in [1.807, 2.05) is 63.7 Å². The minimum Gasteiger partial charge on any atom is -0.497 e. The third-order valence-corrected chi connectivity index (χ3v) is 6.76. The number of methoxy groups -OCH3 is 1. The highest BCUT2D eigenvalue weighted by molar-refractivity contribution is 6.62. The number of esters is 1. The summed E-state index contributed by atoms with van der Waals surface area (Å²) in [5.41, 5.74) is 2.55. The average molecular weight is 480 g/mol. The van der Waals surface area contributed by atoms with Gasteiger partial charge in [-0.15, -0.1) is 0 Å². The molecular formula is C26H33BN2O6. The predicted octanol–water partition coefficient (Wildman–Crippen LogP) is 3.57. The van der Waals surface area contributed by atoms with E-state index in [1.165, 1.54) is 0 Å². The summed E-state index contributed by atoms with van der Waals surface area (Å²) < 4.78 is 30.9. The van der Waals surface area contributed by atoms with Crippen LogP contribution in [-0.4, -0.2) is 47.8 Å². The molecule has 35 heavy (non-hydrogen) atoms. The van der Waals surface area contributed by atoms with Crippen molar-refractivity contribution < 1.29 is 28.3 Å². The molecule has 1 fully saturated rings. The van der Waals surface area contributed by atoms with E-state index < -0.39 is 18.3 Å². The van der Waals surface area contributed by atoms with Crippen molar-refractivity contribution in [3.8, 4) is 11.5 Å². The summed E-state index contributed by atoms with van der Waals surface area (Å²) in [6.07, 6.45) is 0.113. The van der Waals surface area contributed by atoms with Gasteiger partial charge in [0.25, 0.3) is 0 Å². The number of aryl methyl sites for hydroxylation is 1. The van der Waals surface area contributed by atoms with E-state index in [0.29, 0.717) is 18.1 Å². The summed E-state index contributed by atoms with van der Waals surface area (Å²) in [5, 5.41) is 5.63. The lowest BCUT2D eigenvalue weighted by Gasteiger charge is -2.32. The van der Waals surface area contributed by atoms with Crippen molar-refractivity contribution in [1.82, 2.24) is 9.78 Å². The Labute approximate surface area is 206 Å². The predicted molar refractivity (Wildman–Crippen MR) is 134 cm³/mol. The molecule has 3 aromatic rings. The highest BCUT2D eigenvalue weighted by Crippen LogP contribution is 2.36. The molecule has 0 atom stereocenters. The van der Waals surface area contributed by atoms with Crippen molar-refractivity contribution in [2.45, 2.75) is 58.8 Å². The molecule has 186 valence electrons. The summed E-state index contributed by atoms with van der Waals surface area (Å²) in [6, 6.07) is 11.5. The molecule has 0 saturated carbocycles. The number of benzene rings is 2. The number of carbonyl (C=O) groups excluding carboxylic acids is 1. The Bertz CT molecular complexity index is 1220. The van der Waals surface area contributed by atoms with Crippen LogP contribution in [0.15, 0.2) is 36.4 Å². The first-order valence-corrected chi connectivity index (χ1v) is 11.8. The third kappa shape index (κ3) is 5.02. The van der Waals surface area contributed by atoms with Gasteiger partial charge < -0.3 is 23.5 Å². The maximum atomic E-state index is 12.1. The molecule has 0 amide bonds. The van der Waals surface area contributed by atoms with E-state index in [9.17, 15) is 4.79 Å². The molecular weight excluding hydrogens is 447 g/mol. The van der Waals surface area contributed by atoms with Crippen LogP contribution < -0.4 is 14.9 Å². The Morgan fingerprint density at radius 3 is 2.46 bits per heavy atom. The van der Waals surface area contributed by atoms with Gasteiger partial charge in [0.1, 0.15) is 23.8 Å². The van der Waals surface area contributed by atoms with Gasteiger partial charge in [0.15, 0.2) is 0 Å². The van der Waals surface area contributed by atoms with Crippen LogP contribution in [0.3, 0.4) is 0 Å². The first-order chi connectivity index (χ1) is 16.5. The van der Waals surface area contributed by atoms with Crippen LogP contribution in [0.1, 0.15) is 45.9 Å². The molecule has 0 N–H and O–H groups in total. The second-order valence-electron chi connectivity index (χ2n) is 9.68. The van der Waals surface area contributed by atoms with Crippen LogP contribution in [-0.2, 0) is 38.9 Å². The number of fused-ring (bicyclic) bond motifs is 1. The Kier molecular flexibility index (Phi) is 6.84. The highest BCUT2D eigenvalue weighted by atomic mass is 16.7. The van der Waals surface area contributed by atoms with Crippen LogP contribution in [0, 0.1) is 0 Å². The van der Waals surface area contributed by atoms with Crippen LogP contribution in [0.25, 0.3) is 10.9 Å². The summed E-state index contributed by atoms with van der Waals surface area (Å²) >= 11 is 0. The number of nitrogens with zero attached hydrogens (tertiary/aromatic N) is 2. The Morgan fingerprint density at radius 2 is 1.80 bits per heavy atom. The molecule has 0 bridgehead atoms. The average Bonchev–Trinajstić information content (AvgIpc) is 3.24. The van der Waals surface area contributed by atoms with E-state index in [4.69, 9.17) is 23.5 Å². The fourth-order valence-corrected chi connectivity index (χ4v) is 4.04. The van der Waals surface area contributed by atoms with Gasteiger partial charge in [-0.2, -0.15) is 5.10 Å². The van der Waals surface area contributed by atoms with Gasteiger partial charge in [0, 0.05) is 24.1 Å². The van der Waals surface area contributed by atoms with Crippen molar-refractivity contribution in [1.29, 1.82) is 0 Å². The number of ether oxygens (including phenoxy) is 3. The van der Waals surface area contributed by atoms with E-state index in [0.717, 1.165) is 27.6 Å². The number of carbonyl (C=O) groups is 1. The summed E-state index contributed by atoms with van der Waals surface area (Å²) in [7, 11) is 3.03. The quantitative estimate of drug-likeness (QED) is 0.360. The maximum Gasteiger partial charge on any atom is 0.494 e. The van der Waals surface area contributed by atoms with Crippen LogP contribution >= 0.6 is 0 Å². The fourth-order valence-electron chi connectivity index (χ4n) is 4.04. The van der Waals surface area contributed by atoms with Gasteiger partial charge in [-0.05, 0) is 52.2 Å². The normalized spacial score (nSPS) is 16.5. The van der Waals surface area contributed by atoms with E-state index >= 15 is 0 Å². The molecule has 0 unspecified atom stereocenters. The van der Waals surface area contributed by atoms with Crippen molar-refractivity contribution in [3.63, 3.8) is 0 Å². The lowest BCUT2D eigenvalue weighted by atomic mass is 9.78. The molecule has 2 heterocycles. The lowest BCUT2D eigenvalue weighted by Crippen LogP contribution is -2.41. The highest BCUT2D eigenvalue weighted by Gasteiger charge is 2.51. The van der Waals surface area contributed by atoms with E-state index in [2.05, 4.69) is 5.10 Å². The zero-order valence-corrected chi connectivity index (χ0v) is 21.5. The topological polar surface area (TPSA) is 81.0 Å². The molecule has 0 spiro atoms. The molecule has 4 rings (SSSR count). The molecule has 0 aliphatic carbocycles. The Morgan fingerprint density at radius 1 is 1.09 bits per heavy atom. The van der Waals surface area contributed by atoms with E-state index in [-0.39, 0.29) is 19.0 Å². The van der Waals surface area contributed by atoms with Crippen LogP contribution in [0.5, 0.6) is 11.5 Å². The lowest BCUT2D eigenvalue weighted by molar-refractivity contribution is -0.142. The van der Waals surface area contributed by atoms with Crippen molar-refractivity contribution >= 4 is 29.5 Å². The second-order valence-corrected chi connectivity index (χ2v) is 9.68. The molecule has 1 aromatic heterocycles. The van der Waals surface area contributed by atoms with Gasteiger partial charge >= 0.3 is 13.1 Å². The van der Waals surface area contributed by atoms with Gasteiger partial charge in [-0.1, -0.05) is 18.2 Å². The van der Waals surface area contributed by atoms with Gasteiger partial charge in [0.2, 0.25) is 0 Å². The molecule has 9 heteroatoms. The summed E-state index contributed by atoms with van der Waals surface area (Å²) in [6.45, 7) is 10.5. The largest absolute Gasteiger partial charge is 0.497 e. The minimum absolute atomic E-state index is 0.113. The molecule has 1 aliphatic rings. The number of hydrogen-bond donors (Lipinski definition) is 0. The number of aromatic nitrogens is 2. The first-order valence-electron chi connectivity index (χ1n) is 11.8. The third-order valence-electron chi connectivity index (χ3n) is 6.76. The Hall–Kier alpha value is -3.04. The van der Waals surface area contributed by atoms with E-state index in [1.54, 1.807) is 26.2 Å². The summed E-state index contributed by atoms with van der Waals surface area (Å²) in [4.78, 5) is 12.1. The fraction of sp³-hybridized carbons (Fsp3) is 0.462. The van der Waals surface area contributed by atoms with Gasteiger partial charge in [-0.3, -0.25) is 9.48 Å². The number of hydrogen-bond acceptors (Lipinski definition) is 7. The number of rotatable bonds is 8. The maximum absolute atomic E-state index is 12.1. The minimum atomic E-state index is -0.465. The molecule has 2 aromatic carbocycles. The van der Waals surface area contributed by atoms with Gasteiger partial charge in [0.05, 0.1) is 36.9 Å². The molecule has 1 saturated heterocycles. The van der Waals surface area contributed by atoms with Crippen LogP contribution in [0.4, 0.5) is 0 Å².